The second-order valence-electron chi connectivity index (χ2n) is 4.22. The smallest absolute Gasteiger partial charge is 0.358 e. The fourth-order valence-electron chi connectivity index (χ4n) is 1.66. The molecule has 0 unspecified atom stereocenters. The lowest BCUT2D eigenvalue weighted by Crippen LogP contribution is -2.15. The average molecular weight is 315 g/mol. The Kier molecular flexibility index (Phi) is 4.72. The Bertz CT molecular complexity index is 788. The summed E-state index contributed by atoms with van der Waals surface area (Å²) >= 11 is 0. The van der Waals surface area contributed by atoms with Gasteiger partial charge in [0.2, 0.25) is 0 Å². The monoisotopic (exact) mass is 315 g/mol. The lowest BCUT2D eigenvalue weighted by molar-refractivity contribution is -0.385. The summed E-state index contributed by atoms with van der Waals surface area (Å²) in [4.78, 5) is 36.4. The van der Waals surface area contributed by atoms with E-state index in [1.165, 1.54) is 30.3 Å². The summed E-state index contributed by atoms with van der Waals surface area (Å²) < 4.78 is 0. The van der Waals surface area contributed by atoms with E-state index in [9.17, 15) is 25.0 Å². The molecule has 9 heteroatoms. The van der Waals surface area contributed by atoms with Gasteiger partial charge in [0.15, 0.2) is 5.16 Å². The van der Waals surface area contributed by atoms with Crippen molar-refractivity contribution in [2.75, 3.05) is 0 Å². The van der Waals surface area contributed by atoms with Gasteiger partial charge < -0.3 is 10.1 Å². The van der Waals surface area contributed by atoms with E-state index in [4.69, 9.17) is 0 Å². The molecule has 9 nitrogen and oxygen atoms in total. The number of carbonyl (C=O) groups excluding carboxylic acids is 1. The van der Waals surface area contributed by atoms with Crippen molar-refractivity contribution < 1.29 is 19.5 Å². The first-order valence-electron chi connectivity index (χ1n) is 6.22. The summed E-state index contributed by atoms with van der Waals surface area (Å²) in [6, 6.07) is 12.5. The predicted molar refractivity (Wildman–Crippen MR) is 78.5 cm³/mol. The van der Waals surface area contributed by atoms with Gasteiger partial charge in [0.05, 0.1) is 16.1 Å². The fraction of sp³-hybridized carbons (Fsp3) is 0. The van der Waals surface area contributed by atoms with Gasteiger partial charge >= 0.3 is 11.8 Å². The number of benzene rings is 2. The van der Waals surface area contributed by atoms with Gasteiger partial charge in [0, 0.05) is 12.1 Å². The van der Waals surface area contributed by atoms with Crippen molar-refractivity contribution in [2.24, 2.45) is 5.16 Å². The highest BCUT2D eigenvalue weighted by Crippen LogP contribution is 2.14. The highest BCUT2D eigenvalue weighted by atomic mass is 16.7. The normalized spacial score (nSPS) is 10.9. The van der Waals surface area contributed by atoms with Gasteiger partial charge in [0.25, 0.3) is 5.69 Å². The van der Waals surface area contributed by atoms with Crippen molar-refractivity contribution >= 4 is 17.5 Å². The van der Waals surface area contributed by atoms with Gasteiger partial charge in [-0.2, -0.15) is 0 Å². The Morgan fingerprint density at radius 2 is 1.61 bits per heavy atom. The second-order valence-corrected chi connectivity index (χ2v) is 4.22. The van der Waals surface area contributed by atoms with Crippen LogP contribution in [0.4, 0.5) is 5.69 Å². The van der Waals surface area contributed by atoms with E-state index in [1.807, 2.05) is 0 Å². The van der Waals surface area contributed by atoms with Gasteiger partial charge in [-0.1, -0.05) is 24.3 Å². The van der Waals surface area contributed by atoms with Crippen molar-refractivity contribution in [3.05, 3.63) is 86.0 Å². The predicted octanol–water partition coefficient (Wildman–Crippen LogP) is 2.39. The van der Waals surface area contributed by atoms with Crippen molar-refractivity contribution in [2.45, 2.75) is 0 Å². The quantitative estimate of drug-likeness (QED) is 0.280. The first-order valence-corrected chi connectivity index (χ1v) is 6.22. The van der Waals surface area contributed by atoms with E-state index in [2.05, 4.69) is 9.99 Å². The van der Waals surface area contributed by atoms with Crippen LogP contribution in [0.5, 0.6) is 0 Å². The number of non-ortho nitro benzene ring substituents is 1. The molecule has 116 valence electrons. The third-order valence-electron chi connectivity index (χ3n) is 2.71. The average Bonchev–Trinajstić information content (AvgIpc) is 2.55. The number of nitro groups is 2. The molecule has 0 radical (unpaired) electrons. The van der Waals surface area contributed by atoms with E-state index >= 15 is 0 Å². The standard InChI is InChI=1S/C14H9N3O6/c18-14(10-5-2-1-3-6-10)23-15-13(17(21)22)11-7-4-8-12(9-11)16(19)20/h1-9H/b15-13-. The number of carbonyl (C=O) groups is 1. The van der Waals surface area contributed by atoms with Crippen LogP contribution in [0.25, 0.3) is 0 Å². The Morgan fingerprint density at radius 3 is 2.22 bits per heavy atom. The van der Waals surface area contributed by atoms with E-state index in [0.29, 0.717) is 0 Å². The number of nitro benzene ring substituents is 1. The maximum absolute atomic E-state index is 11.7. The van der Waals surface area contributed by atoms with Crippen molar-refractivity contribution in [1.29, 1.82) is 0 Å². The van der Waals surface area contributed by atoms with Crippen molar-refractivity contribution in [3.63, 3.8) is 0 Å². The summed E-state index contributed by atoms with van der Waals surface area (Å²) in [6.07, 6.45) is 0. The van der Waals surface area contributed by atoms with Crippen LogP contribution in [0.15, 0.2) is 59.8 Å². The molecule has 0 aromatic heterocycles. The number of rotatable bonds is 4. The Hall–Kier alpha value is -3.62. The van der Waals surface area contributed by atoms with Gasteiger partial charge in [-0.25, -0.2) is 9.63 Å². The van der Waals surface area contributed by atoms with Crippen LogP contribution in [0.2, 0.25) is 0 Å². The maximum atomic E-state index is 11.7. The van der Waals surface area contributed by atoms with Crippen LogP contribution in [-0.4, -0.2) is 21.7 Å². The molecule has 0 amide bonds. The fourth-order valence-corrected chi connectivity index (χ4v) is 1.66. The molecule has 2 aromatic carbocycles. The first-order chi connectivity index (χ1) is 11.0. The Balaban J connectivity index is 2.28. The molecule has 0 bridgehead atoms. The van der Waals surface area contributed by atoms with Crippen LogP contribution in [-0.2, 0) is 4.84 Å². The largest absolute Gasteiger partial charge is 0.417 e. The SMILES string of the molecule is O=C(O/N=C(/c1cccc([N+](=O)[O-])c1)[N+](=O)[O-])c1ccccc1. The summed E-state index contributed by atoms with van der Waals surface area (Å²) in [5, 5.41) is 25.0. The highest BCUT2D eigenvalue weighted by molar-refractivity contribution is 5.94. The summed E-state index contributed by atoms with van der Waals surface area (Å²) in [5.41, 5.74) is -0.325. The molecule has 2 aromatic rings. The van der Waals surface area contributed by atoms with Gasteiger partial charge in [-0.15, -0.1) is 0 Å². The Morgan fingerprint density at radius 1 is 0.957 bits per heavy atom. The lowest BCUT2D eigenvalue weighted by Gasteiger charge is -1.98. The van der Waals surface area contributed by atoms with Gasteiger partial charge in [0.1, 0.15) is 0 Å². The van der Waals surface area contributed by atoms with Crippen LogP contribution < -0.4 is 0 Å². The lowest BCUT2D eigenvalue weighted by atomic mass is 10.2. The molecule has 0 aliphatic carbocycles. The molecule has 2 rings (SSSR count). The van der Waals surface area contributed by atoms with Crippen molar-refractivity contribution in [1.82, 2.24) is 0 Å². The molecule has 0 fully saturated rings. The molecular formula is C14H9N3O6. The van der Waals surface area contributed by atoms with E-state index < -0.39 is 21.7 Å². The minimum atomic E-state index is -0.892. The second kappa shape index (κ2) is 6.89. The molecule has 0 aliphatic heterocycles. The Labute approximate surface area is 129 Å². The molecule has 0 saturated heterocycles. The van der Waals surface area contributed by atoms with Crippen LogP contribution in [0, 0.1) is 20.2 Å². The molecule has 0 spiro atoms. The molecule has 0 N–H and O–H groups in total. The number of nitrogens with zero attached hydrogens (tertiary/aromatic N) is 3. The minimum Gasteiger partial charge on any atom is -0.358 e. The van der Waals surface area contributed by atoms with Crippen LogP contribution >= 0.6 is 0 Å². The zero-order valence-corrected chi connectivity index (χ0v) is 11.5. The molecular weight excluding hydrogens is 306 g/mol. The van der Waals surface area contributed by atoms with E-state index in [0.717, 1.165) is 6.07 Å². The maximum Gasteiger partial charge on any atom is 0.417 e. The van der Waals surface area contributed by atoms with Crippen LogP contribution in [0.3, 0.4) is 0 Å². The summed E-state index contributed by atoms with van der Waals surface area (Å²) in [5.74, 6) is -1.69. The van der Waals surface area contributed by atoms with Crippen molar-refractivity contribution in [3.8, 4) is 0 Å². The summed E-state index contributed by atoms with van der Waals surface area (Å²) in [7, 11) is 0. The first kappa shape index (κ1) is 15.8. The number of oxime groups is 1. The third-order valence-corrected chi connectivity index (χ3v) is 2.71. The molecule has 23 heavy (non-hydrogen) atoms. The van der Waals surface area contributed by atoms with E-state index in [1.54, 1.807) is 18.2 Å². The molecule has 0 saturated carbocycles. The van der Waals surface area contributed by atoms with Gasteiger partial charge in [-0.3, -0.25) is 10.1 Å². The highest BCUT2D eigenvalue weighted by Gasteiger charge is 2.22. The van der Waals surface area contributed by atoms with E-state index in [-0.39, 0.29) is 16.8 Å². The van der Waals surface area contributed by atoms with Crippen LogP contribution in [0.1, 0.15) is 15.9 Å². The number of hydrogen-bond donors (Lipinski definition) is 0. The molecule has 0 atom stereocenters. The number of hydrogen-bond acceptors (Lipinski definition) is 7. The zero-order chi connectivity index (χ0) is 16.8. The topological polar surface area (TPSA) is 125 Å². The van der Waals surface area contributed by atoms with Gasteiger partial charge in [-0.05, 0) is 23.1 Å². The number of amidine groups is 1. The summed E-state index contributed by atoms with van der Waals surface area (Å²) in [6.45, 7) is 0. The molecule has 0 heterocycles. The zero-order valence-electron chi connectivity index (χ0n) is 11.5. The molecule has 0 aliphatic rings. The third kappa shape index (κ3) is 3.94. The minimum absolute atomic E-state index is 0.148.